The lowest BCUT2D eigenvalue weighted by atomic mass is 10.1. The minimum Gasteiger partial charge on any atom is -1.00 e. The zero-order chi connectivity index (χ0) is 16.7. The Kier molecular flexibility index (Phi) is 5.24. The number of ether oxygens (including phenoxy) is 1. The maximum atomic E-state index is 5.32. The number of anilines is 1. The molecule has 0 amide bonds. The summed E-state index contributed by atoms with van der Waals surface area (Å²) in [5.74, 6) is 0.884. The largest absolute Gasteiger partial charge is 1.00 e. The molecule has 128 valence electrons. The number of thioether (sulfide) groups is 1. The third kappa shape index (κ3) is 3.22. The summed E-state index contributed by atoms with van der Waals surface area (Å²) >= 11 is 1.81. The predicted octanol–water partition coefficient (Wildman–Crippen LogP) is 1.22. The number of methoxy groups -OCH3 is 1. The number of fused-ring (bicyclic) bond motifs is 2. The van der Waals surface area contributed by atoms with Gasteiger partial charge in [0.1, 0.15) is 12.8 Å². The van der Waals surface area contributed by atoms with Crippen LogP contribution in [0.4, 0.5) is 5.69 Å². The number of hydrogen-bond acceptors (Lipinski definition) is 3. The van der Waals surface area contributed by atoms with Crippen molar-refractivity contribution < 1.29 is 33.3 Å². The molecular weight excluding hydrogens is 443 g/mol. The lowest BCUT2D eigenvalue weighted by molar-refractivity contribution is -0.646. The molecule has 0 spiro atoms. The van der Waals surface area contributed by atoms with Crippen LogP contribution in [-0.4, -0.2) is 14.2 Å². The van der Waals surface area contributed by atoms with Gasteiger partial charge in [0.15, 0.2) is 0 Å². The van der Waals surface area contributed by atoms with Crippen LogP contribution in [0.2, 0.25) is 0 Å². The number of halogens is 1. The van der Waals surface area contributed by atoms with Gasteiger partial charge in [0, 0.05) is 30.2 Å². The van der Waals surface area contributed by atoms with Crippen molar-refractivity contribution in [2.75, 3.05) is 19.1 Å². The van der Waals surface area contributed by atoms with Gasteiger partial charge in [-0.25, -0.2) is 0 Å². The summed E-state index contributed by atoms with van der Waals surface area (Å²) in [7, 11) is 5.93. The molecule has 2 heterocycles. The van der Waals surface area contributed by atoms with E-state index >= 15 is 0 Å². The Hall–Kier alpha value is -1.73. The van der Waals surface area contributed by atoms with E-state index in [0.29, 0.717) is 0 Å². The number of hydrogen-bond donors (Lipinski definition) is 0. The Morgan fingerprint density at radius 2 is 1.88 bits per heavy atom. The van der Waals surface area contributed by atoms with Crippen LogP contribution in [0.3, 0.4) is 0 Å². The number of para-hydroxylation sites is 1. The highest BCUT2D eigenvalue weighted by Crippen LogP contribution is 2.45. The van der Waals surface area contributed by atoms with Gasteiger partial charge in [0.25, 0.3) is 0 Å². The van der Waals surface area contributed by atoms with E-state index in [1.54, 1.807) is 7.11 Å². The molecule has 1 aliphatic rings. The van der Waals surface area contributed by atoms with Crippen molar-refractivity contribution in [3.8, 4) is 5.75 Å². The summed E-state index contributed by atoms with van der Waals surface area (Å²) in [6.45, 7) is 0. The predicted molar refractivity (Wildman–Crippen MR) is 100 cm³/mol. The molecule has 3 nitrogen and oxygen atoms in total. The Balaban J connectivity index is 0.00000182. The van der Waals surface area contributed by atoms with E-state index in [0.717, 1.165) is 5.75 Å². The summed E-state index contributed by atoms with van der Waals surface area (Å²) in [5.41, 5.74) is 3.63. The minimum atomic E-state index is 0. The number of aromatic nitrogens is 1. The maximum absolute atomic E-state index is 5.32. The lowest BCUT2D eigenvalue weighted by Gasteiger charge is -2.12. The quantitative estimate of drug-likeness (QED) is 0.421. The summed E-state index contributed by atoms with van der Waals surface area (Å²) in [4.78, 5) is 3.55. The van der Waals surface area contributed by atoms with Crippen molar-refractivity contribution in [3.63, 3.8) is 0 Å². The van der Waals surface area contributed by atoms with Gasteiger partial charge < -0.3 is 33.6 Å². The van der Waals surface area contributed by atoms with Gasteiger partial charge in [-0.15, -0.1) is 0 Å². The molecule has 4 rings (SSSR count). The fourth-order valence-electron chi connectivity index (χ4n) is 3.04. The average Bonchev–Trinajstić information content (AvgIpc) is 2.93. The molecule has 0 unspecified atom stereocenters. The molecule has 0 N–H and O–H groups in total. The second-order valence-electron chi connectivity index (χ2n) is 5.85. The first-order chi connectivity index (χ1) is 11.7. The van der Waals surface area contributed by atoms with Crippen molar-refractivity contribution in [2.24, 2.45) is 7.05 Å². The van der Waals surface area contributed by atoms with Gasteiger partial charge in [-0.05, 0) is 30.3 Å². The third-order valence-electron chi connectivity index (χ3n) is 4.46. The van der Waals surface area contributed by atoms with Gasteiger partial charge >= 0.3 is 0 Å². The van der Waals surface area contributed by atoms with E-state index in [2.05, 4.69) is 78.2 Å². The third-order valence-corrected chi connectivity index (χ3v) is 5.63. The monoisotopic (exact) mass is 462 g/mol. The van der Waals surface area contributed by atoms with Gasteiger partial charge in [0.2, 0.25) is 11.2 Å². The molecule has 25 heavy (non-hydrogen) atoms. The Bertz CT molecular complexity index is 971. The summed E-state index contributed by atoms with van der Waals surface area (Å²) in [5, 5.41) is 2.41. The molecular formula is C20H19IN2OS. The average molecular weight is 462 g/mol. The van der Waals surface area contributed by atoms with E-state index in [4.69, 9.17) is 4.74 Å². The fourth-order valence-corrected chi connectivity index (χ4v) is 4.14. The molecule has 0 radical (unpaired) electrons. The highest BCUT2D eigenvalue weighted by atomic mass is 127. The standard InChI is InChI=1S/C20H19N2OS.HI/c1-21-15(9-8-14-12-16(23-3)10-11-17(14)21)13-20-22(2)18-6-4-5-7-19(18)24-20;/h4-13H,1-3H3;1H/q+1;/p-1. The normalized spacial score (nSPS) is 14.5. The van der Waals surface area contributed by atoms with Gasteiger partial charge in [0.05, 0.1) is 23.2 Å². The van der Waals surface area contributed by atoms with Crippen LogP contribution in [0.1, 0.15) is 5.69 Å². The Morgan fingerprint density at radius 1 is 1.08 bits per heavy atom. The SMILES string of the molecule is COc1ccc2c(ccc(/C=C3\Sc4ccccc4N3C)[n+]2C)c1.[I-]. The van der Waals surface area contributed by atoms with Crippen LogP contribution >= 0.6 is 11.8 Å². The fraction of sp³-hybridized carbons (Fsp3) is 0.150. The lowest BCUT2D eigenvalue weighted by Crippen LogP contribution is -3.00. The Labute approximate surface area is 169 Å². The number of aryl methyl sites for hydroxylation is 1. The molecule has 3 aromatic rings. The first kappa shape index (κ1) is 18.1. The van der Waals surface area contributed by atoms with Crippen molar-refractivity contribution in [3.05, 3.63) is 65.3 Å². The molecule has 0 aliphatic carbocycles. The van der Waals surface area contributed by atoms with Crippen molar-refractivity contribution in [2.45, 2.75) is 4.90 Å². The van der Waals surface area contributed by atoms with Crippen LogP contribution in [0, 0.1) is 0 Å². The van der Waals surface area contributed by atoms with Crippen LogP contribution in [-0.2, 0) is 7.05 Å². The van der Waals surface area contributed by atoms with Crippen LogP contribution < -0.4 is 38.2 Å². The summed E-state index contributed by atoms with van der Waals surface area (Å²) in [6.07, 6.45) is 2.24. The van der Waals surface area contributed by atoms with Crippen LogP contribution in [0.15, 0.2) is 64.5 Å². The maximum Gasteiger partial charge on any atom is 0.212 e. The van der Waals surface area contributed by atoms with E-state index in [-0.39, 0.29) is 24.0 Å². The topological polar surface area (TPSA) is 16.4 Å². The number of pyridine rings is 1. The van der Waals surface area contributed by atoms with Crippen molar-refractivity contribution in [1.29, 1.82) is 0 Å². The highest BCUT2D eigenvalue weighted by Gasteiger charge is 2.22. The highest BCUT2D eigenvalue weighted by molar-refractivity contribution is 8.03. The van der Waals surface area contributed by atoms with E-state index < -0.39 is 0 Å². The van der Waals surface area contributed by atoms with Crippen LogP contribution in [0.25, 0.3) is 17.0 Å². The zero-order valence-corrected chi connectivity index (χ0v) is 17.3. The van der Waals surface area contributed by atoms with Gasteiger partial charge in [-0.2, -0.15) is 4.57 Å². The minimum absolute atomic E-state index is 0. The second kappa shape index (κ2) is 7.25. The smallest absolute Gasteiger partial charge is 0.212 e. The molecule has 5 heteroatoms. The zero-order valence-electron chi connectivity index (χ0n) is 14.4. The molecule has 1 aromatic heterocycles. The van der Waals surface area contributed by atoms with E-state index in [9.17, 15) is 0 Å². The van der Waals surface area contributed by atoms with Gasteiger partial charge in [-0.3, -0.25) is 0 Å². The molecule has 0 bridgehead atoms. The van der Waals surface area contributed by atoms with E-state index in [1.807, 2.05) is 17.8 Å². The van der Waals surface area contributed by atoms with Gasteiger partial charge in [-0.1, -0.05) is 23.9 Å². The first-order valence-corrected chi connectivity index (χ1v) is 8.68. The first-order valence-electron chi connectivity index (χ1n) is 7.86. The number of benzene rings is 2. The van der Waals surface area contributed by atoms with Crippen molar-refractivity contribution in [1.82, 2.24) is 0 Å². The second-order valence-corrected chi connectivity index (χ2v) is 6.92. The Morgan fingerprint density at radius 3 is 2.64 bits per heavy atom. The molecule has 0 saturated carbocycles. The van der Waals surface area contributed by atoms with E-state index in [1.165, 1.54) is 32.2 Å². The molecule has 0 atom stereocenters. The molecule has 0 saturated heterocycles. The molecule has 1 aliphatic heterocycles. The summed E-state index contributed by atoms with van der Waals surface area (Å²) < 4.78 is 7.54. The number of nitrogens with zero attached hydrogens (tertiary/aromatic N) is 2. The molecule has 2 aromatic carbocycles. The van der Waals surface area contributed by atoms with Crippen LogP contribution in [0.5, 0.6) is 5.75 Å². The summed E-state index contributed by atoms with van der Waals surface area (Å²) in [6, 6.07) is 19.0. The number of rotatable bonds is 2. The van der Waals surface area contributed by atoms with Crippen molar-refractivity contribution >= 4 is 34.4 Å². The molecule has 0 fully saturated rings.